The predicted octanol–water partition coefficient (Wildman–Crippen LogP) is 2.22. The van der Waals surface area contributed by atoms with E-state index in [0.29, 0.717) is 25.2 Å². The maximum atomic E-state index is 13.3. The summed E-state index contributed by atoms with van der Waals surface area (Å²) in [5.74, 6) is -0.759. The zero-order valence-corrected chi connectivity index (χ0v) is 17.0. The molecule has 29 heavy (non-hydrogen) atoms. The van der Waals surface area contributed by atoms with E-state index in [0.717, 1.165) is 16.8 Å². The number of aromatic nitrogens is 1. The minimum Gasteiger partial charge on any atom is -0.390 e. The number of hydrogen-bond donors (Lipinski definition) is 3. The SMILES string of the molecule is O=C(NC(CF)C(O)c1ccc(-c2ccc(CN3CC(O)C3)nc2)cc1)C(Cl)Cl. The molecule has 0 aliphatic carbocycles. The van der Waals surface area contributed by atoms with Crippen molar-refractivity contribution in [1.29, 1.82) is 0 Å². The number of amides is 1. The largest absolute Gasteiger partial charge is 0.390 e. The molecule has 0 spiro atoms. The lowest BCUT2D eigenvalue weighted by atomic mass is 9.99. The van der Waals surface area contributed by atoms with Crippen molar-refractivity contribution in [3.63, 3.8) is 0 Å². The molecule has 156 valence electrons. The number of aliphatic hydroxyl groups excluding tert-OH is 2. The molecule has 0 bridgehead atoms. The van der Waals surface area contributed by atoms with Crippen LogP contribution in [-0.4, -0.2) is 62.8 Å². The first-order chi connectivity index (χ1) is 13.9. The number of carbonyl (C=O) groups excluding carboxylic acids is 1. The smallest absolute Gasteiger partial charge is 0.253 e. The van der Waals surface area contributed by atoms with Crippen LogP contribution in [0.25, 0.3) is 11.1 Å². The molecule has 1 amide bonds. The van der Waals surface area contributed by atoms with E-state index in [-0.39, 0.29) is 6.10 Å². The summed E-state index contributed by atoms with van der Waals surface area (Å²) in [6, 6.07) is 9.68. The molecule has 3 rings (SSSR count). The summed E-state index contributed by atoms with van der Waals surface area (Å²) >= 11 is 10.9. The summed E-state index contributed by atoms with van der Waals surface area (Å²) in [5.41, 5.74) is 3.17. The summed E-state index contributed by atoms with van der Waals surface area (Å²) in [6.45, 7) is 1.08. The topological polar surface area (TPSA) is 85.7 Å². The molecule has 2 heterocycles. The molecular weight excluding hydrogens is 420 g/mol. The summed E-state index contributed by atoms with van der Waals surface area (Å²) in [6.07, 6.45) is 0.292. The second-order valence-corrected chi connectivity index (χ2v) is 8.12. The van der Waals surface area contributed by atoms with Crippen molar-refractivity contribution in [2.24, 2.45) is 0 Å². The molecule has 2 unspecified atom stereocenters. The van der Waals surface area contributed by atoms with E-state index in [1.807, 2.05) is 12.1 Å². The first kappa shape index (κ1) is 21.9. The van der Waals surface area contributed by atoms with E-state index < -0.39 is 29.6 Å². The number of rotatable bonds is 8. The third-order valence-electron chi connectivity index (χ3n) is 4.81. The third kappa shape index (κ3) is 5.65. The molecule has 1 aliphatic heterocycles. The van der Waals surface area contributed by atoms with Crippen LogP contribution >= 0.6 is 23.2 Å². The van der Waals surface area contributed by atoms with Crippen molar-refractivity contribution in [3.05, 3.63) is 53.9 Å². The first-order valence-corrected chi connectivity index (χ1v) is 10.0. The third-order valence-corrected chi connectivity index (χ3v) is 5.20. The summed E-state index contributed by atoms with van der Waals surface area (Å²) in [4.78, 5) is 16.8. The lowest BCUT2D eigenvalue weighted by Crippen LogP contribution is -2.49. The van der Waals surface area contributed by atoms with Gasteiger partial charge in [0.25, 0.3) is 5.91 Å². The minimum atomic E-state index is -1.33. The monoisotopic (exact) mass is 441 g/mol. The van der Waals surface area contributed by atoms with Gasteiger partial charge in [-0.25, -0.2) is 4.39 Å². The van der Waals surface area contributed by atoms with E-state index in [4.69, 9.17) is 23.2 Å². The Hall–Kier alpha value is -1.77. The van der Waals surface area contributed by atoms with Crippen LogP contribution < -0.4 is 5.32 Å². The number of alkyl halides is 3. The Kier molecular flexibility index (Phi) is 7.43. The number of hydrogen-bond acceptors (Lipinski definition) is 5. The van der Waals surface area contributed by atoms with Crippen LogP contribution in [0, 0.1) is 0 Å². The highest BCUT2D eigenvalue weighted by molar-refractivity contribution is 6.53. The number of benzene rings is 1. The van der Waals surface area contributed by atoms with Crippen LogP contribution in [0.3, 0.4) is 0 Å². The van der Waals surface area contributed by atoms with Gasteiger partial charge in [0.1, 0.15) is 12.8 Å². The fourth-order valence-corrected chi connectivity index (χ4v) is 3.27. The Morgan fingerprint density at radius 1 is 1.21 bits per heavy atom. The van der Waals surface area contributed by atoms with Crippen LogP contribution in [0.5, 0.6) is 0 Å². The van der Waals surface area contributed by atoms with Crippen molar-refractivity contribution in [3.8, 4) is 11.1 Å². The van der Waals surface area contributed by atoms with Crippen molar-refractivity contribution < 1.29 is 19.4 Å². The van der Waals surface area contributed by atoms with Gasteiger partial charge in [-0.05, 0) is 17.2 Å². The van der Waals surface area contributed by atoms with Gasteiger partial charge in [0.15, 0.2) is 4.84 Å². The van der Waals surface area contributed by atoms with Gasteiger partial charge in [-0.1, -0.05) is 53.5 Å². The Morgan fingerprint density at radius 3 is 2.38 bits per heavy atom. The zero-order chi connectivity index (χ0) is 21.0. The minimum absolute atomic E-state index is 0.236. The van der Waals surface area contributed by atoms with Crippen LogP contribution in [0.15, 0.2) is 42.6 Å². The van der Waals surface area contributed by atoms with E-state index in [9.17, 15) is 19.4 Å². The van der Waals surface area contributed by atoms with Gasteiger partial charge in [-0.3, -0.25) is 14.7 Å². The molecule has 0 saturated carbocycles. The summed E-state index contributed by atoms with van der Waals surface area (Å²) in [5, 5.41) is 22.0. The van der Waals surface area contributed by atoms with E-state index in [1.165, 1.54) is 0 Å². The maximum absolute atomic E-state index is 13.3. The second kappa shape index (κ2) is 9.82. The van der Waals surface area contributed by atoms with Crippen molar-refractivity contribution >= 4 is 29.1 Å². The Bertz CT molecular complexity index is 815. The molecule has 1 aromatic carbocycles. The number of aliphatic hydroxyl groups is 2. The molecule has 2 aromatic rings. The highest BCUT2D eigenvalue weighted by Gasteiger charge is 2.25. The number of halogens is 3. The fourth-order valence-electron chi connectivity index (χ4n) is 3.14. The average Bonchev–Trinajstić information content (AvgIpc) is 2.70. The summed E-state index contributed by atoms with van der Waals surface area (Å²) in [7, 11) is 0. The van der Waals surface area contributed by atoms with Crippen molar-refractivity contribution in [2.45, 2.75) is 29.6 Å². The fraction of sp³-hybridized carbons (Fsp3) is 0.400. The van der Waals surface area contributed by atoms with E-state index >= 15 is 0 Å². The Morgan fingerprint density at radius 2 is 1.86 bits per heavy atom. The van der Waals surface area contributed by atoms with Crippen molar-refractivity contribution in [2.75, 3.05) is 19.8 Å². The number of nitrogens with zero attached hydrogens (tertiary/aromatic N) is 2. The Labute approximate surface area is 178 Å². The predicted molar refractivity (Wildman–Crippen MR) is 109 cm³/mol. The van der Waals surface area contributed by atoms with Gasteiger partial charge in [0.2, 0.25) is 0 Å². The van der Waals surface area contributed by atoms with E-state index in [2.05, 4.69) is 15.2 Å². The van der Waals surface area contributed by atoms with E-state index in [1.54, 1.807) is 30.5 Å². The maximum Gasteiger partial charge on any atom is 0.253 e. The van der Waals surface area contributed by atoms with Crippen LogP contribution in [0.4, 0.5) is 4.39 Å². The highest BCUT2D eigenvalue weighted by Crippen LogP contribution is 2.24. The lowest BCUT2D eigenvalue weighted by Gasteiger charge is -2.35. The number of pyridine rings is 1. The summed E-state index contributed by atoms with van der Waals surface area (Å²) < 4.78 is 13.3. The van der Waals surface area contributed by atoms with Gasteiger partial charge in [0, 0.05) is 31.4 Å². The molecule has 1 saturated heterocycles. The van der Waals surface area contributed by atoms with Gasteiger partial charge < -0.3 is 15.5 Å². The molecular formula is C20H22Cl2FN3O3. The molecule has 0 radical (unpaired) electrons. The van der Waals surface area contributed by atoms with Gasteiger partial charge >= 0.3 is 0 Å². The molecule has 1 aromatic heterocycles. The average molecular weight is 442 g/mol. The van der Waals surface area contributed by atoms with Crippen LogP contribution in [-0.2, 0) is 11.3 Å². The van der Waals surface area contributed by atoms with Gasteiger partial charge in [-0.2, -0.15) is 0 Å². The van der Waals surface area contributed by atoms with Gasteiger partial charge in [-0.15, -0.1) is 0 Å². The molecule has 9 heteroatoms. The number of likely N-dealkylation sites (tertiary alicyclic amines) is 1. The van der Waals surface area contributed by atoms with Gasteiger partial charge in [0.05, 0.1) is 17.8 Å². The van der Waals surface area contributed by atoms with Crippen LogP contribution in [0.1, 0.15) is 17.4 Å². The number of nitrogens with one attached hydrogen (secondary N) is 1. The molecule has 1 fully saturated rings. The first-order valence-electron chi connectivity index (χ1n) is 9.15. The zero-order valence-electron chi connectivity index (χ0n) is 15.5. The highest BCUT2D eigenvalue weighted by atomic mass is 35.5. The van der Waals surface area contributed by atoms with Crippen molar-refractivity contribution in [1.82, 2.24) is 15.2 Å². The quantitative estimate of drug-likeness (QED) is 0.546. The molecule has 1 aliphatic rings. The van der Waals surface area contributed by atoms with Crippen LogP contribution in [0.2, 0.25) is 0 Å². The Balaban J connectivity index is 1.63. The molecule has 2 atom stereocenters. The number of carbonyl (C=O) groups is 1. The number of β-amino-alcohol motifs (C(OH)–C–C–N with tert-alkyl or cyclic N) is 1. The normalized spacial score (nSPS) is 17.0. The lowest BCUT2D eigenvalue weighted by molar-refractivity contribution is -0.121. The molecule has 6 nitrogen and oxygen atoms in total. The second-order valence-electron chi connectivity index (χ2n) is 7.02. The standard InChI is InChI=1S/C20H22Cl2FN3O3/c21-19(22)20(29)25-17(7-23)18(28)13-3-1-12(2-4-13)14-5-6-15(24-8-14)9-26-10-16(27)11-26/h1-6,8,16-19,27-28H,7,9-11H2,(H,25,29). The molecule has 3 N–H and O–H groups in total.